The number of carboxylic acids is 1. The fraction of sp³-hybridized carbons (Fsp3) is 0.250. The largest absolute Gasteiger partial charge is 0.481 e. The first kappa shape index (κ1) is 24.7. The highest BCUT2D eigenvalue weighted by molar-refractivity contribution is 6.04. The molecule has 0 bridgehead atoms. The van der Waals surface area contributed by atoms with Crippen LogP contribution in [0, 0.1) is 6.92 Å². The first-order chi connectivity index (χ1) is 15.9. The zero-order valence-corrected chi connectivity index (χ0v) is 18.8. The predicted octanol–water partition coefficient (Wildman–Crippen LogP) is 4.34. The molecule has 0 aliphatic heterocycles. The fourth-order valence-corrected chi connectivity index (χ4v) is 3.35. The van der Waals surface area contributed by atoms with Crippen molar-refractivity contribution in [2.45, 2.75) is 25.9 Å². The molecule has 0 saturated heterocycles. The van der Waals surface area contributed by atoms with E-state index in [9.17, 15) is 22.8 Å². The number of hydrogen-bond donors (Lipinski definition) is 2. The Balaban J connectivity index is 1.71. The van der Waals surface area contributed by atoms with E-state index in [2.05, 4.69) is 15.3 Å². The maximum Gasteiger partial charge on any atom is 0.416 e. The van der Waals surface area contributed by atoms with Gasteiger partial charge in [0.1, 0.15) is 11.6 Å². The van der Waals surface area contributed by atoms with Gasteiger partial charge in [-0.05, 0) is 48.9 Å². The number of anilines is 2. The third-order valence-electron chi connectivity index (χ3n) is 5.04. The summed E-state index contributed by atoms with van der Waals surface area (Å²) < 4.78 is 38.0. The molecule has 0 atom stereocenters. The molecule has 10 heteroatoms. The molecular weight excluding hydrogens is 449 g/mol. The number of carbonyl (C=O) groups is 2. The lowest BCUT2D eigenvalue weighted by Gasteiger charge is -2.18. The first-order valence-electron chi connectivity index (χ1n) is 10.3. The minimum atomic E-state index is -4.46. The molecule has 0 aliphatic rings. The van der Waals surface area contributed by atoms with Crippen LogP contribution in [0.2, 0.25) is 0 Å². The van der Waals surface area contributed by atoms with Gasteiger partial charge in [-0.15, -0.1) is 0 Å². The van der Waals surface area contributed by atoms with Crippen LogP contribution in [0.15, 0.2) is 48.5 Å². The number of alkyl halides is 3. The van der Waals surface area contributed by atoms with Gasteiger partial charge in [-0.25, -0.2) is 9.97 Å². The molecule has 0 radical (unpaired) electrons. The zero-order chi connectivity index (χ0) is 25.0. The summed E-state index contributed by atoms with van der Waals surface area (Å²) in [5.74, 6) is -0.413. The Kier molecular flexibility index (Phi) is 7.19. The molecule has 1 aromatic heterocycles. The van der Waals surface area contributed by atoms with Crippen LogP contribution in [0.25, 0.3) is 0 Å². The number of aryl methyl sites for hydroxylation is 1. The Morgan fingerprint density at radius 3 is 2.15 bits per heavy atom. The van der Waals surface area contributed by atoms with E-state index in [4.69, 9.17) is 5.11 Å². The van der Waals surface area contributed by atoms with Crippen molar-refractivity contribution in [1.82, 2.24) is 9.97 Å². The van der Waals surface area contributed by atoms with Crippen molar-refractivity contribution in [1.29, 1.82) is 0 Å². The van der Waals surface area contributed by atoms with Gasteiger partial charge in [0.15, 0.2) is 0 Å². The zero-order valence-electron chi connectivity index (χ0n) is 18.8. The second-order valence-electron chi connectivity index (χ2n) is 7.90. The molecule has 2 N–H and O–H groups in total. The lowest BCUT2D eigenvalue weighted by Crippen LogP contribution is -2.18. The summed E-state index contributed by atoms with van der Waals surface area (Å²) in [4.78, 5) is 34.2. The van der Waals surface area contributed by atoms with Crippen LogP contribution in [0.4, 0.5) is 24.7 Å². The Morgan fingerprint density at radius 2 is 1.62 bits per heavy atom. The van der Waals surface area contributed by atoms with Gasteiger partial charge in [0.05, 0.1) is 12.0 Å². The number of halogens is 3. The Morgan fingerprint density at radius 1 is 1.00 bits per heavy atom. The number of carbonyl (C=O) groups excluding carboxylic acids is 1. The molecule has 178 valence electrons. The molecule has 0 fully saturated rings. The smallest absolute Gasteiger partial charge is 0.416 e. The molecule has 3 aromatic rings. The SMILES string of the molecule is Cc1nc(Cc2ccc(NC(=O)c3ccc(C(F)(F)F)cc3)cc2)nc(N(C)C)c1CC(=O)O. The van der Waals surface area contributed by atoms with Crippen molar-refractivity contribution < 1.29 is 27.9 Å². The molecule has 1 amide bonds. The third kappa shape index (κ3) is 6.09. The minimum absolute atomic E-state index is 0.110. The van der Waals surface area contributed by atoms with Crippen molar-refractivity contribution >= 4 is 23.4 Å². The molecule has 34 heavy (non-hydrogen) atoms. The molecular formula is C24H23F3N4O3. The highest BCUT2D eigenvalue weighted by atomic mass is 19.4. The van der Waals surface area contributed by atoms with Crippen LogP contribution in [0.3, 0.4) is 0 Å². The van der Waals surface area contributed by atoms with E-state index < -0.39 is 23.6 Å². The van der Waals surface area contributed by atoms with Gasteiger partial charge in [0.2, 0.25) is 0 Å². The van der Waals surface area contributed by atoms with Crippen molar-refractivity contribution in [2.75, 3.05) is 24.3 Å². The quantitative estimate of drug-likeness (QED) is 0.531. The number of rotatable bonds is 7. The minimum Gasteiger partial charge on any atom is -0.481 e. The summed E-state index contributed by atoms with van der Waals surface area (Å²) in [5, 5.41) is 11.8. The van der Waals surface area contributed by atoms with Crippen molar-refractivity contribution in [3.63, 3.8) is 0 Å². The number of hydrogen-bond acceptors (Lipinski definition) is 5. The summed E-state index contributed by atoms with van der Waals surface area (Å²) in [6.45, 7) is 1.75. The maximum absolute atomic E-state index is 12.7. The van der Waals surface area contributed by atoms with Gasteiger partial charge in [-0.3, -0.25) is 9.59 Å². The highest BCUT2D eigenvalue weighted by Gasteiger charge is 2.30. The van der Waals surface area contributed by atoms with E-state index in [1.54, 1.807) is 50.2 Å². The molecule has 0 unspecified atom stereocenters. The second kappa shape index (κ2) is 9.90. The summed E-state index contributed by atoms with van der Waals surface area (Å²) in [6, 6.07) is 10.9. The molecule has 0 aliphatic carbocycles. The predicted molar refractivity (Wildman–Crippen MR) is 121 cm³/mol. The molecule has 7 nitrogen and oxygen atoms in total. The first-order valence-corrected chi connectivity index (χ1v) is 10.3. The van der Waals surface area contributed by atoms with Crippen LogP contribution in [0.5, 0.6) is 0 Å². The van der Waals surface area contributed by atoms with Crippen LogP contribution >= 0.6 is 0 Å². The summed E-state index contributed by atoms with van der Waals surface area (Å²) >= 11 is 0. The number of nitrogens with one attached hydrogen (secondary N) is 1. The maximum atomic E-state index is 12.7. The van der Waals surface area contributed by atoms with E-state index in [0.29, 0.717) is 35.0 Å². The van der Waals surface area contributed by atoms with Gasteiger partial charge >= 0.3 is 12.1 Å². The molecule has 3 rings (SSSR count). The Hall–Kier alpha value is -3.95. The van der Waals surface area contributed by atoms with Gasteiger partial charge in [0.25, 0.3) is 5.91 Å². The average Bonchev–Trinajstić information content (AvgIpc) is 2.76. The van der Waals surface area contributed by atoms with Crippen molar-refractivity contribution in [3.8, 4) is 0 Å². The van der Waals surface area contributed by atoms with E-state index in [-0.39, 0.29) is 12.0 Å². The van der Waals surface area contributed by atoms with E-state index in [0.717, 1.165) is 29.8 Å². The van der Waals surface area contributed by atoms with Gasteiger partial charge in [-0.1, -0.05) is 12.1 Å². The van der Waals surface area contributed by atoms with Crippen molar-refractivity contribution in [2.24, 2.45) is 0 Å². The monoisotopic (exact) mass is 472 g/mol. The number of carboxylic acid groups (broad SMARTS) is 1. The number of aromatic nitrogens is 2. The number of nitrogens with zero attached hydrogens (tertiary/aromatic N) is 3. The van der Waals surface area contributed by atoms with Crippen LogP contribution < -0.4 is 10.2 Å². The highest BCUT2D eigenvalue weighted by Crippen LogP contribution is 2.29. The third-order valence-corrected chi connectivity index (χ3v) is 5.04. The lowest BCUT2D eigenvalue weighted by atomic mass is 10.1. The second-order valence-corrected chi connectivity index (χ2v) is 7.90. The van der Waals surface area contributed by atoms with Crippen LogP contribution in [0.1, 0.15) is 38.6 Å². The number of amides is 1. The van der Waals surface area contributed by atoms with Crippen LogP contribution in [-0.4, -0.2) is 41.0 Å². The van der Waals surface area contributed by atoms with E-state index in [1.165, 1.54) is 0 Å². The fourth-order valence-electron chi connectivity index (χ4n) is 3.35. The molecule has 1 heterocycles. The van der Waals surface area contributed by atoms with Gasteiger partial charge < -0.3 is 15.3 Å². The summed E-state index contributed by atoms with van der Waals surface area (Å²) in [5.41, 5.74) is 1.79. The molecule has 0 saturated carbocycles. The lowest BCUT2D eigenvalue weighted by molar-refractivity contribution is -0.138. The van der Waals surface area contributed by atoms with Gasteiger partial charge in [0, 0.05) is 43.0 Å². The molecule has 0 spiro atoms. The average molecular weight is 472 g/mol. The molecule has 2 aromatic carbocycles. The van der Waals surface area contributed by atoms with Gasteiger partial charge in [-0.2, -0.15) is 13.2 Å². The Labute approximate surface area is 194 Å². The van der Waals surface area contributed by atoms with Crippen molar-refractivity contribution in [3.05, 3.63) is 82.3 Å². The summed E-state index contributed by atoms with van der Waals surface area (Å²) in [6.07, 6.45) is -4.24. The van der Waals surface area contributed by atoms with Crippen LogP contribution in [-0.2, 0) is 23.8 Å². The normalized spacial score (nSPS) is 11.2. The topological polar surface area (TPSA) is 95.4 Å². The summed E-state index contributed by atoms with van der Waals surface area (Å²) in [7, 11) is 3.57. The number of aliphatic carboxylic acids is 1. The number of benzene rings is 2. The standard InChI is InChI=1S/C24H23F3N4O3/c1-14-19(13-21(32)33)22(31(2)3)30-20(28-14)12-15-4-10-18(11-5-15)29-23(34)16-6-8-17(9-7-16)24(25,26)27/h4-11H,12-13H2,1-3H3,(H,29,34)(H,32,33). The van der Waals surface area contributed by atoms with E-state index in [1.807, 2.05) is 0 Å². The van der Waals surface area contributed by atoms with E-state index >= 15 is 0 Å². The Bertz CT molecular complexity index is 1190.